The normalized spacial score (nSPS) is 14.5. The van der Waals surface area contributed by atoms with Crippen LogP contribution in [-0.2, 0) is 14.3 Å². The highest BCUT2D eigenvalue weighted by Gasteiger charge is 2.06. The molecule has 0 aromatic heterocycles. The van der Waals surface area contributed by atoms with E-state index in [0.717, 1.165) is 25.0 Å². The lowest BCUT2D eigenvalue weighted by molar-refractivity contribution is 0.282. The average Bonchev–Trinajstić information content (AvgIpc) is 2.00. The minimum Gasteiger partial charge on any atom is -0.270 e. The van der Waals surface area contributed by atoms with Crippen molar-refractivity contribution in [1.82, 2.24) is 0 Å². The molecule has 0 rings (SSSR count). The Bertz CT molecular complexity index is 245. The van der Waals surface area contributed by atoms with Gasteiger partial charge in [-0.1, -0.05) is 40.0 Å². The molecule has 4 heteroatoms. The summed E-state index contributed by atoms with van der Waals surface area (Å²) in [7, 11) is -3.25. The zero-order chi connectivity index (χ0) is 11.9. The van der Waals surface area contributed by atoms with Crippen molar-refractivity contribution in [2.75, 3.05) is 12.9 Å². The minimum absolute atomic E-state index is 0.321. The molecule has 1 atom stereocenters. The van der Waals surface area contributed by atoms with E-state index < -0.39 is 10.1 Å². The average molecular weight is 236 g/mol. The second-order valence-electron chi connectivity index (χ2n) is 4.74. The summed E-state index contributed by atoms with van der Waals surface area (Å²) in [5, 5.41) is 0. The van der Waals surface area contributed by atoms with Gasteiger partial charge in [0.05, 0.1) is 12.9 Å². The van der Waals surface area contributed by atoms with Crippen molar-refractivity contribution in [3.8, 4) is 0 Å². The van der Waals surface area contributed by atoms with Crippen molar-refractivity contribution in [2.45, 2.75) is 46.5 Å². The van der Waals surface area contributed by atoms with Crippen LogP contribution in [0, 0.1) is 11.8 Å². The summed E-state index contributed by atoms with van der Waals surface area (Å²) in [6, 6.07) is 0. The lowest BCUT2D eigenvalue weighted by atomic mass is 9.98. The van der Waals surface area contributed by atoms with E-state index in [1.807, 2.05) is 0 Å². The summed E-state index contributed by atoms with van der Waals surface area (Å²) in [5.41, 5.74) is 0. The first-order chi connectivity index (χ1) is 6.81. The van der Waals surface area contributed by atoms with Gasteiger partial charge in [-0.15, -0.1) is 0 Å². The fourth-order valence-corrected chi connectivity index (χ4v) is 1.82. The monoisotopic (exact) mass is 236 g/mol. The van der Waals surface area contributed by atoms with Gasteiger partial charge < -0.3 is 0 Å². The Labute approximate surface area is 94.3 Å². The molecule has 0 radical (unpaired) electrons. The second-order valence-corrected chi connectivity index (χ2v) is 6.39. The van der Waals surface area contributed by atoms with E-state index >= 15 is 0 Å². The molecule has 0 spiro atoms. The van der Waals surface area contributed by atoms with Gasteiger partial charge in [0, 0.05) is 0 Å². The van der Waals surface area contributed by atoms with Crippen LogP contribution in [0.2, 0.25) is 0 Å². The van der Waals surface area contributed by atoms with Gasteiger partial charge >= 0.3 is 0 Å². The van der Waals surface area contributed by atoms with E-state index in [9.17, 15) is 8.42 Å². The molecule has 0 fully saturated rings. The molecular formula is C11H24O3S. The molecule has 0 bridgehead atoms. The number of rotatable bonds is 8. The van der Waals surface area contributed by atoms with Gasteiger partial charge in [0.25, 0.3) is 10.1 Å². The van der Waals surface area contributed by atoms with Gasteiger partial charge in [-0.25, -0.2) is 0 Å². The Kier molecular flexibility index (Phi) is 7.18. The summed E-state index contributed by atoms with van der Waals surface area (Å²) < 4.78 is 26.1. The molecular weight excluding hydrogens is 212 g/mol. The molecule has 0 amide bonds. The largest absolute Gasteiger partial charge is 0.270 e. The van der Waals surface area contributed by atoms with Crippen LogP contribution in [0.15, 0.2) is 0 Å². The molecule has 0 aliphatic carbocycles. The van der Waals surface area contributed by atoms with E-state index in [1.165, 1.54) is 12.8 Å². The topological polar surface area (TPSA) is 43.4 Å². The summed E-state index contributed by atoms with van der Waals surface area (Å²) in [6.45, 7) is 6.91. The van der Waals surface area contributed by atoms with E-state index in [-0.39, 0.29) is 0 Å². The maximum absolute atomic E-state index is 10.7. The third-order valence-electron chi connectivity index (χ3n) is 2.39. The molecule has 0 aromatic carbocycles. The van der Waals surface area contributed by atoms with Crippen molar-refractivity contribution in [1.29, 1.82) is 0 Å². The third kappa shape index (κ3) is 11.8. The Morgan fingerprint density at radius 1 is 1.07 bits per heavy atom. The zero-order valence-electron chi connectivity index (χ0n) is 10.3. The maximum atomic E-state index is 10.7. The van der Waals surface area contributed by atoms with Gasteiger partial charge in [0.1, 0.15) is 0 Å². The van der Waals surface area contributed by atoms with Gasteiger partial charge in [-0.2, -0.15) is 8.42 Å². The van der Waals surface area contributed by atoms with Crippen molar-refractivity contribution in [3.63, 3.8) is 0 Å². The Hall–Kier alpha value is -0.0900. The van der Waals surface area contributed by atoms with Crippen LogP contribution in [-0.4, -0.2) is 21.3 Å². The summed E-state index contributed by atoms with van der Waals surface area (Å²) in [6.07, 6.45) is 5.54. The van der Waals surface area contributed by atoms with E-state index in [2.05, 4.69) is 20.8 Å². The first kappa shape index (κ1) is 14.9. The van der Waals surface area contributed by atoms with Crippen LogP contribution in [0.1, 0.15) is 46.5 Å². The van der Waals surface area contributed by atoms with Crippen LogP contribution >= 0.6 is 0 Å². The summed E-state index contributed by atoms with van der Waals surface area (Å²) in [4.78, 5) is 0. The van der Waals surface area contributed by atoms with Gasteiger partial charge in [-0.05, 0) is 18.3 Å². The fourth-order valence-electron chi connectivity index (χ4n) is 1.42. The van der Waals surface area contributed by atoms with Crippen LogP contribution in [0.3, 0.4) is 0 Å². The predicted octanol–water partition coefficient (Wildman–Crippen LogP) is 2.82. The molecule has 3 nitrogen and oxygen atoms in total. The Morgan fingerprint density at radius 2 is 1.67 bits per heavy atom. The Morgan fingerprint density at radius 3 is 2.13 bits per heavy atom. The third-order valence-corrected chi connectivity index (χ3v) is 2.98. The first-order valence-corrected chi connectivity index (χ1v) is 7.47. The quantitative estimate of drug-likeness (QED) is 0.609. The van der Waals surface area contributed by atoms with Gasteiger partial charge in [0.15, 0.2) is 0 Å². The van der Waals surface area contributed by atoms with Gasteiger partial charge in [0.2, 0.25) is 0 Å². The highest BCUT2D eigenvalue weighted by Crippen LogP contribution is 2.15. The molecule has 0 heterocycles. The molecule has 0 saturated carbocycles. The zero-order valence-corrected chi connectivity index (χ0v) is 11.1. The number of hydrogen-bond donors (Lipinski definition) is 0. The van der Waals surface area contributed by atoms with Crippen LogP contribution < -0.4 is 0 Å². The standard InChI is InChI=1S/C11H24O3S/c1-10(2)6-5-7-11(3)8-9-14-15(4,12)13/h10-11H,5-9H2,1-4H3. The summed E-state index contributed by atoms with van der Waals surface area (Å²) >= 11 is 0. The Balaban J connectivity index is 3.45. The second kappa shape index (κ2) is 7.23. The molecule has 0 saturated heterocycles. The van der Waals surface area contributed by atoms with E-state index in [1.54, 1.807) is 0 Å². The maximum Gasteiger partial charge on any atom is 0.264 e. The van der Waals surface area contributed by atoms with Crippen molar-refractivity contribution in [3.05, 3.63) is 0 Å². The minimum atomic E-state index is -3.25. The molecule has 0 aliphatic heterocycles. The first-order valence-electron chi connectivity index (χ1n) is 5.65. The van der Waals surface area contributed by atoms with E-state index in [0.29, 0.717) is 12.5 Å². The van der Waals surface area contributed by atoms with Crippen molar-refractivity contribution >= 4 is 10.1 Å². The fraction of sp³-hybridized carbons (Fsp3) is 1.00. The van der Waals surface area contributed by atoms with Crippen molar-refractivity contribution < 1.29 is 12.6 Å². The lowest BCUT2D eigenvalue weighted by Crippen LogP contribution is -2.07. The summed E-state index contributed by atoms with van der Waals surface area (Å²) in [5.74, 6) is 1.30. The molecule has 0 aromatic rings. The molecule has 15 heavy (non-hydrogen) atoms. The lowest BCUT2D eigenvalue weighted by Gasteiger charge is -2.11. The smallest absolute Gasteiger partial charge is 0.264 e. The number of hydrogen-bond acceptors (Lipinski definition) is 3. The predicted molar refractivity (Wildman–Crippen MR) is 63.3 cm³/mol. The van der Waals surface area contributed by atoms with Crippen molar-refractivity contribution in [2.24, 2.45) is 11.8 Å². The molecule has 0 N–H and O–H groups in total. The SMILES string of the molecule is CC(C)CCCC(C)CCOS(C)(=O)=O. The van der Waals surface area contributed by atoms with Crippen LogP contribution in [0.5, 0.6) is 0 Å². The van der Waals surface area contributed by atoms with Crippen LogP contribution in [0.4, 0.5) is 0 Å². The highest BCUT2D eigenvalue weighted by molar-refractivity contribution is 7.85. The highest BCUT2D eigenvalue weighted by atomic mass is 32.2. The van der Waals surface area contributed by atoms with E-state index in [4.69, 9.17) is 4.18 Å². The molecule has 92 valence electrons. The molecule has 0 aliphatic rings. The van der Waals surface area contributed by atoms with Crippen LogP contribution in [0.25, 0.3) is 0 Å². The molecule has 1 unspecified atom stereocenters. The van der Waals surface area contributed by atoms with Gasteiger partial charge in [-0.3, -0.25) is 4.18 Å².